The molecule has 0 aromatic heterocycles. The summed E-state index contributed by atoms with van der Waals surface area (Å²) in [5, 5.41) is 0. The van der Waals surface area contributed by atoms with Crippen molar-refractivity contribution in [2.24, 2.45) is 11.8 Å². The Labute approximate surface area is 101 Å². The Balaban J connectivity index is 4.79. The zero-order valence-corrected chi connectivity index (χ0v) is 12.9. The van der Waals surface area contributed by atoms with Gasteiger partial charge < -0.3 is 0 Å². The Hall–Kier alpha value is 1.35. The van der Waals surface area contributed by atoms with Crippen LogP contribution in [0.5, 0.6) is 0 Å². The third kappa shape index (κ3) is 6.05. The van der Waals surface area contributed by atoms with Crippen molar-refractivity contribution in [3.05, 3.63) is 0 Å². The van der Waals surface area contributed by atoms with Crippen molar-refractivity contribution in [3.63, 3.8) is 0 Å². The first-order valence-corrected chi connectivity index (χ1v) is 9.23. The summed E-state index contributed by atoms with van der Waals surface area (Å²) in [6.07, 6.45) is 0. The number of hydrogen-bond donors (Lipinski definition) is 2. The van der Waals surface area contributed by atoms with Gasteiger partial charge in [-0.15, -0.1) is 0 Å². The van der Waals surface area contributed by atoms with Crippen molar-refractivity contribution >= 4 is 16.8 Å². The molecule has 0 fully saturated rings. The molecule has 3 nitrogen and oxygen atoms in total. The summed E-state index contributed by atoms with van der Waals surface area (Å²) < 4.78 is 4.85. The summed E-state index contributed by atoms with van der Waals surface area (Å²) in [6, 6.07) is 0. The van der Waals surface area contributed by atoms with Crippen LogP contribution in [0.3, 0.4) is 0 Å². The molecule has 14 heavy (non-hydrogen) atoms. The van der Waals surface area contributed by atoms with E-state index in [0.29, 0.717) is 11.8 Å². The summed E-state index contributed by atoms with van der Waals surface area (Å²) in [5.41, 5.74) is 0. The number of rotatable bonds is 5. The van der Waals surface area contributed by atoms with Crippen LogP contribution >= 0.6 is 6.72 Å². The van der Waals surface area contributed by atoms with E-state index >= 15 is 0 Å². The third-order valence-electron chi connectivity index (χ3n) is 1.48. The molecule has 0 atom stereocenters. The predicted molar refractivity (Wildman–Crippen MR) is 59.2 cm³/mol. The van der Waals surface area contributed by atoms with Crippen molar-refractivity contribution in [1.29, 1.82) is 0 Å². The average Bonchev–Trinajstić information content (AvgIpc) is 2.01. The fourth-order valence-electron chi connectivity index (χ4n) is 1.07. The molecule has 6 heteroatoms. The zero-order valence-electron chi connectivity index (χ0n) is 9.14. The minimum absolute atomic E-state index is 0.393. The molecule has 0 amide bonds. The van der Waals surface area contributed by atoms with Crippen LogP contribution in [-0.2, 0) is 33.4 Å². The van der Waals surface area contributed by atoms with Crippen LogP contribution in [0.2, 0.25) is 0 Å². The molecular weight excluding hydrogens is 303 g/mol. The van der Waals surface area contributed by atoms with Gasteiger partial charge in [-0.1, -0.05) is 0 Å². The zero-order chi connectivity index (χ0) is 11.4. The van der Waals surface area contributed by atoms with Crippen LogP contribution < -0.4 is 0 Å². The van der Waals surface area contributed by atoms with E-state index in [-0.39, 0.29) is 0 Å². The standard InChI is InChI=1S/C8H20O3PS.Mo/c1-7(2)5-13(6-8(3)4)12(9,10)11;/h7-8H,5-6H2,1-4H3,(H2-,9,10,11);/q-1;+1. The molecule has 0 aliphatic heterocycles. The maximum absolute atomic E-state index is 9.74. The van der Waals surface area contributed by atoms with E-state index in [1.165, 1.54) is 20.2 Å². The summed E-state index contributed by atoms with van der Waals surface area (Å²) in [4.78, 5) is 19.5. The van der Waals surface area contributed by atoms with E-state index in [1.54, 1.807) is 0 Å². The van der Waals surface area contributed by atoms with Crippen molar-refractivity contribution in [1.82, 2.24) is 0 Å². The summed E-state index contributed by atoms with van der Waals surface area (Å²) >= 11 is 1.31. The van der Waals surface area contributed by atoms with Gasteiger partial charge in [0.25, 0.3) is 0 Å². The SMILES string of the molecule is CC(C)CS(CC(C)C)=P(O)(O)[O][Mo]. The van der Waals surface area contributed by atoms with Crippen molar-refractivity contribution in [3.8, 4) is 0 Å². The van der Waals surface area contributed by atoms with Gasteiger partial charge in [-0.05, 0) is 0 Å². The third-order valence-corrected chi connectivity index (χ3v) is 9.88. The molecular formula is C8H20MoO3PS. The van der Waals surface area contributed by atoms with Crippen molar-refractivity contribution in [2.75, 3.05) is 11.5 Å². The van der Waals surface area contributed by atoms with Crippen LogP contribution in [0, 0.1) is 11.8 Å². The predicted octanol–water partition coefficient (Wildman–Crippen LogP) is 2.06. The van der Waals surface area contributed by atoms with Gasteiger partial charge in [0.15, 0.2) is 0 Å². The molecule has 0 aliphatic rings. The van der Waals surface area contributed by atoms with Gasteiger partial charge in [0.05, 0.1) is 0 Å². The Bertz CT molecular complexity index is 213. The molecule has 0 aromatic rings. The topological polar surface area (TPSA) is 49.7 Å². The molecule has 0 bridgehead atoms. The first-order valence-electron chi connectivity index (χ1n) is 4.64. The van der Waals surface area contributed by atoms with Gasteiger partial charge in [0.2, 0.25) is 0 Å². The van der Waals surface area contributed by atoms with Crippen LogP contribution in [0.15, 0.2) is 0 Å². The Kier molecular flexibility index (Phi) is 7.49. The minimum atomic E-state index is -3.11. The van der Waals surface area contributed by atoms with Gasteiger partial charge in [-0.2, -0.15) is 0 Å². The van der Waals surface area contributed by atoms with Crippen LogP contribution in [-0.4, -0.2) is 21.3 Å². The molecule has 0 spiro atoms. The molecule has 0 aromatic carbocycles. The molecule has 0 saturated heterocycles. The molecule has 0 heterocycles. The second-order valence-electron chi connectivity index (χ2n) is 4.15. The molecule has 87 valence electrons. The maximum atomic E-state index is 9.74. The normalized spacial score (nSPS) is 13.2. The number of hydrogen-bond acceptors (Lipinski definition) is 1. The van der Waals surface area contributed by atoms with Gasteiger partial charge >= 0.3 is 101 Å². The van der Waals surface area contributed by atoms with Gasteiger partial charge in [0, 0.05) is 0 Å². The van der Waals surface area contributed by atoms with E-state index in [9.17, 15) is 9.79 Å². The first kappa shape index (κ1) is 15.3. The second-order valence-corrected chi connectivity index (χ2v) is 10.9. The second kappa shape index (κ2) is 6.83. The van der Waals surface area contributed by atoms with Gasteiger partial charge in [0.1, 0.15) is 0 Å². The average molecular weight is 323 g/mol. The van der Waals surface area contributed by atoms with Gasteiger partial charge in [-0.3, -0.25) is 0 Å². The van der Waals surface area contributed by atoms with Gasteiger partial charge in [-0.25, -0.2) is 0 Å². The molecule has 0 aliphatic carbocycles. The summed E-state index contributed by atoms with van der Waals surface area (Å²) in [5.74, 6) is 2.64. The first-order chi connectivity index (χ1) is 6.29. The summed E-state index contributed by atoms with van der Waals surface area (Å²) in [6.45, 7) is 5.27. The molecule has 2 N–H and O–H groups in total. The van der Waals surface area contributed by atoms with Crippen LogP contribution in [0.25, 0.3) is 0 Å². The van der Waals surface area contributed by atoms with E-state index in [0.717, 1.165) is 11.5 Å². The van der Waals surface area contributed by atoms with E-state index < -0.39 is 16.8 Å². The summed E-state index contributed by atoms with van der Waals surface area (Å²) in [7, 11) is -0.393. The fraction of sp³-hybridized carbons (Fsp3) is 1.00. The van der Waals surface area contributed by atoms with Crippen LogP contribution in [0.4, 0.5) is 0 Å². The Morgan fingerprint density at radius 3 is 1.71 bits per heavy atom. The van der Waals surface area contributed by atoms with Crippen molar-refractivity contribution < 1.29 is 33.2 Å². The van der Waals surface area contributed by atoms with E-state index in [1.807, 2.05) is 0 Å². The molecule has 0 radical (unpaired) electrons. The van der Waals surface area contributed by atoms with Crippen LogP contribution in [0.1, 0.15) is 27.7 Å². The Morgan fingerprint density at radius 2 is 1.50 bits per heavy atom. The monoisotopic (exact) mass is 325 g/mol. The molecule has 0 saturated carbocycles. The van der Waals surface area contributed by atoms with E-state index in [4.69, 9.17) is 3.18 Å². The molecule has 0 rings (SSSR count). The van der Waals surface area contributed by atoms with Crippen molar-refractivity contribution in [2.45, 2.75) is 27.7 Å². The quantitative estimate of drug-likeness (QED) is 0.601. The Morgan fingerprint density at radius 1 is 1.14 bits per heavy atom. The molecule has 0 unspecified atom stereocenters. The van der Waals surface area contributed by atoms with E-state index in [2.05, 4.69) is 27.7 Å². The fourth-order valence-corrected chi connectivity index (χ4v) is 8.34.